The van der Waals surface area contributed by atoms with Crippen molar-refractivity contribution >= 4 is 38.8 Å². The number of benzene rings is 2. The minimum Gasteiger partial charge on any atom is -0.456 e. The SMILES string of the molecule is N#CC(C#N)=C1C(=Cc2cc3sc(-c4ccccc4)cc3o2)C(=C(C#N)C#N)c2ccccc21. The van der Waals surface area contributed by atoms with Crippen LogP contribution in [0.3, 0.4) is 0 Å². The molecule has 0 fully saturated rings. The fraction of sp³-hybridized carbons (Fsp3) is 0. The summed E-state index contributed by atoms with van der Waals surface area (Å²) in [6.45, 7) is 0. The number of fused-ring (bicyclic) bond motifs is 2. The van der Waals surface area contributed by atoms with Crippen LogP contribution >= 0.6 is 11.3 Å². The van der Waals surface area contributed by atoms with Crippen molar-refractivity contribution in [2.24, 2.45) is 0 Å². The van der Waals surface area contributed by atoms with Gasteiger partial charge in [-0.05, 0) is 28.3 Å². The quantitative estimate of drug-likeness (QED) is 0.309. The van der Waals surface area contributed by atoms with Gasteiger partial charge in [-0.2, -0.15) is 21.0 Å². The number of nitrogens with zero attached hydrogens (tertiary/aromatic N) is 4. The minimum absolute atomic E-state index is 0.0938. The van der Waals surface area contributed by atoms with E-state index in [0.29, 0.717) is 39.2 Å². The van der Waals surface area contributed by atoms with Gasteiger partial charge in [0.25, 0.3) is 0 Å². The lowest BCUT2D eigenvalue weighted by Gasteiger charge is -2.04. The molecule has 0 amide bonds. The summed E-state index contributed by atoms with van der Waals surface area (Å²) in [7, 11) is 0. The zero-order chi connectivity index (χ0) is 23.7. The zero-order valence-corrected chi connectivity index (χ0v) is 18.4. The van der Waals surface area contributed by atoms with Crippen molar-refractivity contribution in [1.82, 2.24) is 0 Å². The summed E-state index contributed by atoms with van der Waals surface area (Å²) in [4.78, 5) is 1.08. The van der Waals surface area contributed by atoms with E-state index in [1.807, 2.05) is 66.7 Å². The molecule has 2 heterocycles. The van der Waals surface area contributed by atoms with E-state index < -0.39 is 0 Å². The smallest absolute Gasteiger partial charge is 0.146 e. The third-order valence-corrected chi connectivity index (χ3v) is 6.64. The molecule has 2 aromatic carbocycles. The number of nitriles is 4. The number of rotatable bonds is 2. The number of furan rings is 1. The second-order valence-corrected chi connectivity index (χ2v) is 8.49. The molecule has 4 aromatic rings. The van der Waals surface area contributed by atoms with Crippen molar-refractivity contribution in [3.05, 3.63) is 100 Å². The fourth-order valence-corrected chi connectivity index (χ4v) is 5.14. The predicted molar refractivity (Wildman–Crippen MR) is 130 cm³/mol. The summed E-state index contributed by atoms with van der Waals surface area (Å²) in [5.74, 6) is 0.504. The Morgan fingerprint density at radius 3 is 1.82 bits per heavy atom. The molecule has 2 aromatic heterocycles. The molecule has 0 N–H and O–H groups in total. The molecule has 1 aliphatic carbocycles. The molecule has 0 atom stereocenters. The maximum absolute atomic E-state index is 9.63. The van der Waals surface area contributed by atoms with Crippen molar-refractivity contribution in [1.29, 1.82) is 21.0 Å². The molecule has 0 unspecified atom stereocenters. The van der Waals surface area contributed by atoms with Crippen LogP contribution in [0.25, 0.3) is 37.9 Å². The van der Waals surface area contributed by atoms with E-state index in [-0.39, 0.29) is 11.1 Å². The van der Waals surface area contributed by atoms with Gasteiger partial charge in [-0.15, -0.1) is 11.3 Å². The van der Waals surface area contributed by atoms with Gasteiger partial charge in [0, 0.05) is 28.2 Å². The molecule has 0 spiro atoms. The van der Waals surface area contributed by atoms with Gasteiger partial charge in [-0.3, -0.25) is 0 Å². The normalized spacial score (nSPS) is 11.8. The van der Waals surface area contributed by atoms with Gasteiger partial charge in [0.2, 0.25) is 0 Å². The molecule has 6 heteroatoms. The van der Waals surface area contributed by atoms with E-state index >= 15 is 0 Å². The van der Waals surface area contributed by atoms with Crippen molar-refractivity contribution in [2.75, 3.05) is 0 Å². The molecule has 5 rings (SSSR count). The maximum atomic E-state index is 9.63. The number of hydrogen-bond acceptors (Lipinski definition) is 6. The van der Waals surface area contributed by atoms with Crippen LogP contribution < -0.4 is 0 Å². The van der Waals surface area contributed by atoms with Crippen LogP contribution in [0.1, 0.15) is 16.9 Å². The topological polar surface area (TPSA) is 108 Å². The van der Waals surface area contributed by atoms with E-state index in [0.717, 1.165) is 15.1 Å². The van der Waals surface area contributed by atoms with Gasteiger partial charge in [-0.1, -0.05) is 54.6 Å². The lowest BCUT2D eigenvalue weighted by atomic mass is 9.96. The second kappa shape index (κ2) is 8.42. The highest BCUT2D eigenvalue weighted by atomic mass is 32.1. The van der Waals surface area contributed by atoms with Crippen molar-refractivity contribution in [3.63, 3.8) is 0 Å². The largest absolute Gasteiger partial charge is 0.456 e. The lowest BCUT2D eigenvalue weighted by Crippen LogP contribution is -1.89. The number of hydrogen-bond donors (Lipinski definition) is 0. The average molecular weight is 452 g/mol. The Labute approximate surface area is 199 Å². The van der Waals surface area contributed by atoms with E-state index in [1.165, 1.54) is 0 Å². The molecule has 34 heavy (non-hydrogen) atoms. The van der Waals surface area contributed by atoms with E-state index in [9.17, 15) is 21.0 Å². The average Bonchev–Trinajstić information content (AvgIpc) is 3.53. The first-order valence-electron chi connectivity index (χ1n) is 10.2. The highest BCUT2D eigenvalue weighted by molar-refractivity contribution is 7.22. The van der Waals surface area contributed by atoms with Crippen LogP contribution in [0.15, 0.2) is 87.9 Å². The summed E-state index contributed by atoms with van der Waals surface area (Å²) >= 11 is 1.59. The van der Waals surface area contributed by atoms with Gasteiger partial charge >= 0.3 is 0 Å². The van der Waals surface area contributed by atoms with Crippen LogP contribution in [0.4, 0.5) is 0 Å². The second-order valence-electron chi connectivity index (χ2n) is 7.40. The standard InChI is InChI=1S/C28H12N4OS/c29-13-18(14-30)27-21-8-4-5-9-22(21)28(19(15-31)16-32)23(27)10-20-11-26-24(33-20)12-25(34-26)17-6-2-1-3-7-17/h1-12H. The highest BCUT2D eigenvalue weighted by Gasteiger charge is 2.32. The van der Waals surface area contributed by atoms with E-state index in [1.54, 1.807) is 41.7 Å². The van der Waals surface area contributed by atoms with Crippen LogP contribution in [0.5, 0.6) is 0 Å². The Hall–Kier alpha value is -5.14. The Balaban J connectivity index is 1.73. The molecule has 0 radical (unpaired) electrons. The van der Waals surface area contributed by atoms with E-state index in [2.05, 4.69) is 0 Å². The third-order valence-electron chi connectivity index (χ3n) is 5.52. The van der Waals surface area contributed by atoms with Gasteiger partial charge < -0.3 is 4.42 Å². The lowest BCUT2D eigenvalue weighted by molar-refractivity contribution is 0.605. The summed E-state index contributed by atoms with van der Waals surface area (Å²) in [6.07, 6.45) is 1.70. The van der Waals surface area contributed by atoms with Crippen LogP contribution in [0.2, 0.25) is 0 Å². The van der Waals surface area contributed by atoms with Crippen LogP contribution in [-0.4, -0.2) is 0 Å². The molecule has 0 saturated heterocycles. The highest BCUT2D eigenvalue weighted by Crippen LogP contribution is 2.49. The van der Waals surface area contributed by atoms with Gasteiger partial charge in [0.1, 0.15) is 46.8 Å². The molecule has 0 bridgehead atoms. The Bertz CT molecular complexity index is 1600. The molecular formula is C28H12N4OS. The Kier molecular flexibility index (Phi) is 5.14. The predicted octanol–water partition coefficient (Wildman–Crippen LogP) is 6.86. The van der Waals surface area contributed by atoms with Crippen molar-refractivity contribution < 1.29 is 4.42 Å². The molecule has 5 nitrogen and oxygen atoms in total. The Morgan fingerprint density at radius 1 is 0.735 bits per heavy atom. The van der Waals surface area contributed by atoms with Crippen LogP contribution in [0, 0.1) is 45.3 Å². The van der Waals surface area contributed by atoms with Gasteiger partial charge in [-0.25, -0.2) is 0 Å². The van der Waals surface area contributed by atoms with Crippen molar-refractivity contribution in [2.45, 2.75) is 0 Å². The third kappa shape index (κ3) is 3.29. The summed E-state index contributed by atoms with van der Waals surface area (Å²) in [5.41, 5.74) is 4.11. The minimum atomic E-state index is -0.0938. The maximum Gasteiger partial charge on any atom is 0.146 e. The summed E-state index contributed by atoms with van der Waals surface area (Å²) < 4.78 is 7.02. The summed E-state index contributed by atoms with van der Waals surface area (Å²) in [6, 6.07) is 28.8. The van der Waals surface area contributed by atoms with E-state index in [4.69, 9.17) is 4.42 Å². The number of thiophene rings is 1. The fourth-order valence-electron chi connectivity index (χ4n) is 4.10. The van der Waals surface area contributed by atoms with Gasteiger partial charge in [0.05, 0.1) is 4.70 Å². The van der Waals surface area contributed by atoms with Crippen molar-refractivity contribution in [3.8, 4) is 34.7 Å². The monoisotopic (exact) mass is 452 g/mol. The molecule has 0 aliphatic heterocycles. The summed E-state index contributed by atoms with van der Waals surface area (Å²) in [5, 5.41) is 38.5. The first-order chi connectivity index (χ1) is 16.7. The molecule has 0 saturated carbocycles. The zero-order valence-electron chi connectivity index (χ0n) is 17.5. The van der Waals surface area contributed by atoms with Crippen LogP contribution in [-0.2, 0) is 0 Å². The molecule has 1 aliphatic rings. The Morgan fingerprint density at radius 2 is 1.29 bits per heavy atom. The van der Waals surface area contributed by atoms with Gasteiger partial charge in [0.15, 0.2) is 0 Å². The first-order valence-corrected chi connectivity index (χ1v) is 11.0. The number of allylic oxidation sites excluding steroid dienone is 5. The first kappa shape index (κ1) is 20.7. The molecule has 156 valence electrons. The molecular weight excluding hydrogens is 440 g/mol.